The zero-order valence-electron chi connectivity index (χ0n) is 10.1. The summed E-state index contributed by atoms with van der Waals surface area (Å²) < 4.78 is 0.488. The van der Waals surface area contributed by atoms with Crippen molar-refractivity contribution < 1.29 is 9.72 Å². The van der Waals surface area contributed by atoms with Crippen LogP contribution >= 0.6 is 15.9 Å². The van der Waals surface area contributed by atoms with E-state index in [0.29, 0.717) is 16.7 Å². The first kappa shape index (κ1) is 14.6. The van der Waals surface area contributed by atoms with Crippen molar-refractivity contribution in [1.82, 2.24) is 5.32 Å². The SMILES string of the molecule is CNCC(C)C(=O)Nc1ccc([N+](=O)[O-])cc1Br. The van der Waals surface area contributed by atoms with Crippen LogP contribution < -0.4 is 10.6 Å². The lowest BCUT2D eigenvalue weighted by atomic mass is 10.1. The minimum absolute atomic E-state index is 0.0249. The molecule has 0 radical (unpaired) electrons. The predicted molar refractivity (Wildman–Crippen MR) is 72.5 cm³/mol. The molecule has 0 saturated heterocycles. The molecule has 0 spiro atoms. The van der Waals surface area contributed by atoms with Gasteiger partial charge < -0.3 is 10.6 Å². The van der Waals surface area contributed by atoms with Crippen molar-refractivity contribution in [1.29, 1.82) is 0 Å². The number of nitrogens with one attached hydrogen (secondary N) is 2. The van der Waals surface area contributed by atoms with Crippen molar-refractivity contribution in [2.45, 2.75) is 6.92 Å². The van der Waals surface area contributed by atoms with Gasteiger partial charge in [-0.15, -0.1) is 0 Å². The molecule has 0 aromatic heterocycles. The van der Waals surface area contributed by atoms with Crippen LogP contribution in [0.2, 0.25) is 0 Å². The number of nitrogens with zero attached hydrogens (tertiary/aromatic N) is 1. The average molecular weight is 316 g/mol. The molecule has 98 valence electrons. The van der Waals surface area contributed by atoms with E-state index in [9.17, 15) is 14.9 Å². The maximum Gasteiger partial charge on any atom is 0.270 e. The summed E-state index contributed by atoms with van der Waals surface area (Å²) in [4.78, 5) is 21.9. The lowest BCUT2D eigenvalue weighted by molar-refractivity contribution is -0.384. The van der Waals surface area contributed by atoms with E-state index in [0.717, 1.165) is 0 Å². The fourth-order valence-electron chi connectivity index (χ4n) is 1.37. The highest BCUT2D eigenvalue weighted by molar-refractivity contribution is 9.10. The van der Waals surface area contributed by atoms with Crippen molar-refractivity contribution in [3.05, 3.63) is 32.8 Å². The van der Waals surface area contributed by atoms with Crippen LogP contribution in [0, 0.1) is 16.0 Å². The molecule has 2 N–H and O–H groups in total. The van der Waals surface area contributed by atoms with Gasteiger partial charge in [-0.1, -0.05) is 6.92 Å². The average Bonchev–Trinajstić information content (AvgIpc) is 2.31. The Bertz CT molecular complexity index is 465. The quantitative estimate of drug-likeness (QED) is 0.644. The van der Waals surface area contributed by atoms with Gasteiger partial charge in [0.05, 0.1) is 10.6 Å². The van der Waals surface area contributed by atoms with Gasteiger partial charge >= 0.3 is 0 Å². The van der Waals surface area contributed by atoms with Crippen LogP contribution in [-0.2, 0) is 4.79 Å². The molecule has 6 nitrogen and oxygen atoms in total. The molecule has 1 unspecified atom stereocenters. The lowest BCUT2D eigenvalue weighted by Gasteiger charge is -2.12. The zero-order valence-corrected chi connectivity index (χ0v) is 11.7. The van der Waals surface area contributed by atoms with Gasteiger partial charge in [0.2, 0.25) is 5.91 Å². The third-order valence-electron chi connectivity index (χ3n) is 2.38. The molecular formula is C11H14BrN3O3. The second-order valence-electron chi connectivity index (χ2n) is 3.87. The van der Waals surface area contributed by atoms with E-state index in [4.69, 9.17) is 0 Å². The Kier molecular flexibility index (Phi) is 5.24. The zero-order chi connectivity index (χ0) is 13.7. The van der Waals surface area contributed by atoms with Crippen LogP contribution in [0.4, 0.5) is 11.4 Å². The molecule has 18 heavy (non-hydrogen) atoms. The number of hydrogen-bond donors (Lipinski definition) is 2. The Morgan fingerprint density at radius 1 is 1.56 bits per heavy atom. The van der Waals surface area contributed by atoms with Crippen molar-refractivity contribution >= 4 is 33.2 Å². The number of nitro groups is 1. The Balaban J connectivity index is 2.79. The van der Waals surface area contributed by atoms with Gasteiger partial charge in [-0.05, 0) is 29.0 Å². The van der Waals surface area contributed by atoms with Crippen LogP contribution in [0.3, 0.4) is 0 Å². The van der Waals surface area contributed by atoms with E-state index in [1.165, 1.54) is 18.2 Å². The Morgan fingerprint density at radius 3 is 2.72 bits per heavy atom. The van der Waals surface area contributed by atoms with E-state index < -0.39 is 4.92 Å². The summed E-state index contributed by atoms with van der Waals surface area (Å²) in [7, 11) is 1.77. The van der Waals surface area contributed by atoms with Crippen molar-refractivity contribution in [2.24, 2.45) is 5.92 Å². The molecular weight excluding hydrogens is 302 g/mol. The van der Waals surface area contributed by atoms with Crippen LogP contribution in [-0.4, -0.2) is 24.4 Å². The largest absolute Gasteiger partial charge is 0.325 e. The topological polar surface area (TPSA) is 84.3 Å². The predicted octanol–water partition coefficient (Wildman–Crippen LogP) is 2.15. The van der Waals surface area contributed by atoms with Crippen molar-refractivity contribution in [3.8, 4) is 0 Å². The maximum atomic E-state index is 11.8. The van der Waals surface area contributed by atoms with Gasteiger partial charge in [0.1, 0.15) is 0 Å². The molecule has 0 saturated carbocycles. The van der Waals surface area contributed by atoms with E-state index in [2.05, 4.69) is 26.6 Å². The molecule has 7 heteroatoms. The van der Waals surface area contributed by atoms with Gasteiger partial charge in [-0.2, -0.15) is 0 Å². The third kappa shape index (κ3) is 3.78. The highest BCUT2D eigenvalue weighted by atomic mass is 79.9. The fraction of sp³-hybridized carbons (Fsp3) is 0.364. The maximum absolute atomic E-state index is 11.8. The number of carbonyl (C=O) groups excluding carboxylic acids is 1. The second kappa shape index (κ2) is 6.46. The fourth-order valence-corrected chi connectivity index (χ4v) is 1.84. The number of non-ortho nitro benzene ring substituents is 1. The summed E-state index contributed by atoms with van der Waals surface area (Å²) in [6, 6.07) is 4.22. The molecule has 0 aliphatic heterocycles. The van der Waals surface area contributed by atoms with Crippen molar-refractivity contribution in [2.75, 3.05) is 18.9 Å². The van der Waals surface area contributed by atoms with E-state index in [-0.39, 0.29) is 17.5 Å². The number of benzene rings is 1. The number of amides is 1. The van der Waals surface area contributed by atoms with Crippen LogP contribution in [0.5, 0.6) is 0 Å². The summed E-state index contributed by atoms with van der Waals surface area (Å²) in [6.45, 7) is 2.36. The van der Waals surface area contributed by atoms with Crippen molar-refractivity contribution in [3.63, 3.8) is 0 Å². The molecule has 1 atom stereocenters. The van der Waals surface area contributed by atoms with Gasteiger partial charge in [0.25, 0.3) is 5.69 Å². The van der Waals surface area contributed by atoms with Gasteiger partial charge in [-0.3, -0.25) is 14.9 Å². The van der Waals surface area contributed by atoms with E-state index >= 15 is 0 Å². The van der Waals surface area contributed by atoms with E-state index in [1.54, 1.807) is 14.0 Å². The summed E-state index contributed by atoms with van der Waals surface area (Å²) >= 11 is 3.20. The standard InChI is InChI=1S/C11H14BrN3O3/c1-7(6-13-2)11(16)14-10-4-3-8(15(17)18)5-9(10)12/h3-5,7,13H,6H2,1-2H3,(H,14,16). The van der Waals surface area contributed by atoms with Gasteiger partial charge in [0, 0.05) is 29.1 Å². The van der Waals surface area contributed by atoms with Gasteiger partial charge in [-0.25, -0.2) is 0 Å². The highest BCUT2D eigenvalue weighted by Gasteiger charge is 2.15. The first-order chi connectivity index (χ1) is 8.45. The minimum Gasteiger partial charge on any atom is -0.325 e. The third-order valence-corrected chi connectivity index (χ3v) is 3.04. The minimum atomic E-state index is -0.486. The van der Waals surface area contributed by atoms with Gasteiger partial charge in [0.15, 0.2) is 0 Å². The molecule has 0 fully saturated rings. The number of carbonyl (C=O) groups is 1. The Morgan fingerprint density at radius 2 is 2.22 bits per heavy atom. The molecule has 0 heterocycles. The molecule has 0 bridgehead atoms. The molecule has 1 rings (SSSR count). The number of anilines is 1. The normalized spacial score (nSPS) is 11.9. The van der Waals surface area contributed by atoms with E-state index in [1.807, 2.05) is 0 Å². The molecule has 1 aromatic carbocycles. The first-order valence-corrected chi connectivity index (χ1v) is 6.14. The molecule has 1 aromatic rings. The first-order valence-electron chi connectivity index (χ1n) is 5.35. The Labute approximate surface area is 113 Å². The Hall–Kier alpha value is -1.47. The number of hydrogen-bond acceptors (Lipinski definition) is 4. The molecule has 0 aliphatic carbocycles. The smallest absolute Gasteiger partial charge is 0.270 e. The monoisotopic (exact) mass is 315 g/mol. The lowest BCUT2D eigenvalue weighted by Crippen LogP contribution is -2.28. The molecule has 1 amide bonds. The highest BCUT2D eigenvalue weighted by Crippen LogP contribution is 2.27. The summed E-state index contributed by atoms with van der Waals surface area (Å²) in [5, 5.41) is 16.2. The number of nitro benzene ring substituents is 1. The summed E-state index contributed by atoms with van der Waals surface area (Å²) in [6.07, 6.45) is 0. The summed E-state index contributed by atoms with van der Waals surface area (Å²) in [5.41, 5.74) is 0.497. The van der Waals surface area contributed by atoms with Crippen LogP contribution in [0.15, 0.2) is 22.7 Å². The van der Waals surface area contributed by atoms with Crippen LogP contribution in [0.1, 0.15) is 6.92 Å². The number of halogens is 1. The van der Waals surface area contributed by atoms with Crippen LogP contribution in [0.25, 0.3) is 0 Å². The molecule has 0 aliphatic rings. The number of rotatable bonds is 5. The summed E-state index contributed by atoms with van der Waals surface area (Å²) in [5.74, 6) is -0.323. The second-order valence-corrected chi connectivity index (χ2v) is 4.72.